The number of morpholine rings is 1. The Morgan fingerprint density at radius 1 is 1.36 bits per heavy atom. The number of nitrogens with zero attached hydrogens (tertiary/aromatic N) is 1. The van der Waals surface area contributed by atoms with Gasteiger partial charge in [0.25, 0.3) is 0 Å². The van der Waals surface area contributed by atoms with E-state index in [1.165, 1.54) is 10.5 Å². The van der Waals surface area contributed by atoms with Gasteiger partial charge in [-0.15, -0.1) is 0 Å². The molecule has 0 atom stereocenters. The van der Waals surface area contributed by atoms with Gasteiger partial charge in [-0.2, -0.15) is 5.10 Å². The van der Waals surface area contributed by atoms with E-state index in [2.05, 4.69) is 21.9 Å². The van der Waals surface area contributed by atoms with Crippen molar-refractivity contribution in [2.45, 2.75) is 33.4 Å². The Labute approximate surface area is 155 Å². The molecular weight excluding hydrogens is 336 g/mol. The van der Waals surface area contributed by atoms with Gasteiger partial charge in [-0.05, 0) is 56.8 Å². The number of methoxy groups -OCH3 is 1. The SMILES string of the molecule is COc1ccc(/C(C)=N\NC(=S)NC(C)C)cc1C[NH+]1CCOCC1. The lowest BCUT2D eigenvalue weighted by Crippen LogP contribution is -3.12. The summed E-state index contributed by atoms with van der Waals surface area (Å²) in [5.41, 5.74) is 6.03. The Balaban J connectivity index is 2.09. The summed E-state index contributed by atoms with van der Waals surface area (Å²) >= 11 is 5.21. The molecule has 0 spiro atoms. The molecule has 138 valence electrons. The van der Waals surface area contributed by atoms with Crippen molar-refractivity contribution < 1.29 is 14.4 Å². The van der Waals surface area contributed by atoms with E-state index < -0.39 is 0 Å². The van der Waals surface area contributed by atoms with Gasteiger partial charge in [0.15, 0.2) is 5.11 Å². The minimum Gasteiger partial charge on any atom is -0.496 e. The predicted molar refractivity (Wildman–Crippen MR) is 104 cm³/mol. The smallest absolute Gasteiger partial charge is 0.187 e. The van der Waals surface area contributed by atoms with Crippen LogP contribution in [0.15, 0.2) is 23.3 Å². The summed E-state index contributed by atoms with van der Waals surface area (Å²) < 4.78 is 11.0. The van der Waals surface area contributed by atoms with E-state index in [1.54, 1.807) is 7.11 Å². The van der Waals surface area contributed by atoms with Crippen molar-refractivity contribution in [3.05, 3.63) is 29.3 Å². The molecular formula is C18H29N4O2S+. The highest BCUT2D eigenvalue weighted by Gasteiger charge is 2.17. The lowest BCUT2D eigenvalue weighted by atomic mass is 10.1. The lowest BCUT2D eigenvalue weighted by Gasteiger charge is -2.24. The van der Waals surface area contributed by atoms with Crippen molar-refractivity contribution >= 4 is 23.0 Å². The van der Waals surface area contributed by atoms with Crippen LogP contribution in [-0.2, 0) is 11.3 Å². The summed E-state index contributed by atoms with van der Waals surface area (Å²) in [5.74, 6) is 0.917. The molecule has 2 rings (SSSR count). The van der Waals surface area contributed by atoms with E-state index in [9.17, 15) is 0 Å². The second-order valence-electron chi connectivity index (χ2n) is 6.50. The van der Waals surface area contributed by atoms with Crippen molar-refractivity contribution in [1.82, 2.24) is 10.7 Å². The Bertz CT molecular complexity index is 613. The fourth-order valence-electron chi connectivity index (χ4n) is 2.74. The molecule has 0 aliphatic carbocycles. The standard InChI is InChI=1S/C18H28N4O2S/c1-13(2)19-18(25)21-20-14(3)15-5-6-17(23-4)16(11-15)12-22-7-9-24-10-8-22/h5-6,11,13H,7-10,12H2,1-4H3,(H2,19,21,25)/p+1/b20-14-. The van der Waals surface area contributed by atoms with Gasteiger partial charge in [-0.1, -0.05) is 0 Å². The zero-order valence-corrected chi connectivity index (χ0v) is 16.3. The maximum atomic E-state index is 5.53. The van der Waals surface area contributed by atoms with E-state index in [0.717, 1.165) is 49.9 Å². The van der Waals surface area contributed by atoms with Crippen molar-refractivity contribution in [2.24, 2.45) is 5.10 Å². The summed E-state index contributed by atoms with van der Waals surface area (Å²) in [7, 11) is 1.71. The molecule has 1 aliphatic heterocycles. The number of thiocarbonyl (C=S) groups is 1. The minimum absolute atomic E-state index is 0.277. The third-order valence-electron chi connectivity index (χ3n) is 4.08. The number of hydrogen-bond acceptors (Lipinski definition) is 4. The molecule has 0 radical (unpaired) electrons. The maximum Gasteiger partial charge on any atom is 0.187 e. The molecule has 0 saturated carbocycles. The molecule has 7 heteroatoms. The maximum absolute atomic E-state index is 5.53. The fourth-order valence-corrected chi connectivity index (χ4v) is 3.02. The third-order valence-corrected chi connectivity index (χ3v) is 4.29. The van der Waals surface area contributed by atoms with Gasteiger partial charge < -0.3 is 19.7 Å². The minimum atomic E-state index is 0.277. The number of hydrazone groups is 1. The molecule has 1 aliphatic rings. The summed E-state index contributed by atoms with van der Waals surface area (Å²) in [4.78, 5) is 1.51. The van der Waals surface area contributed by atoms with Gasteiger partial charge in [-0.3, -0.25) is 5.43 Å². The zero-order valence-electron chi connectivity index (χ0n) is 15.5. The van der Waals surface area contributed by atoms with Crippen molar-refractivity contribution in [2.75, 3.05) is 33.4 Å². The van der Waals surface area contributed by atoms with Gasteiger partial charge in [0.2, 0.25) is 0 Å². The molecule has 3 N–H and O–H groups in total. The van der Waals surface area contributed by atoms with Crippen LogP contribution in [0, 0.1) is 0 Å². The van der Waals surface area contributed by atoms with E-state index in [-0.39, 0.29) is 6.04 Å². The quantitative estimate of drug-likeness (QED) is 0.394. The van der Waals surface area contributed by atoms with Crippen LogP contribution >= 0.6 is 12.2 Å². The molecule has 25 heavy (non-hydrogen) atoms. The van der Waals surface area contributed by atoms with Gasteiger partial charge in [0.1, 0.15) is 25.4 Å². The van der Waals surface area contributed by atoms with Crippen LogP contribution in [0.4, 0.5) is 0 Å². The third kappa shape index (κ3) is 6.26. The fraction of sp³-hybridized carbons (Fsp3) is 0.556. The average Bonchev–Trinajstić information content (AvgIpc) is 2.60. The first-order valence-corrected chi connectivity index (χ1v) is 9.09. The second kappa shape index (κ2) is 9.70. The van der Waals surface area contributed by atoms with Gasteiger partial charge in [0, 0.05) is 11.6 Å². The molecule has 6 nitrogen and oxygen atoms in total. The van der Waals surface area contributed by atoms with Gasteiger partial charge >= 0.3 is 0 Å². The molecule has 0 aromatic heterocycles. The molecule has 0 amide bonds. The highest BCUT2D eigenvalue weighted by molar-refractivity contribution is 7.80. The molecule has 1 aromatic rings. The Hall–Kier alpha value is -1.70. The Kier molecular flexibility index (Phi) is 7.61. The van der Waals surface area contributed by atoms with Crippen LogP contribution in [0.3, 0.4) is 0 Å². The highest BCUT2D eigenvalue weighted by Crippen LogP contribution is 2.19. The van der Waals surface area contributed by atoms with Crippen molar-refractivity contribution in [3.63, 3.8) is 0 Å². The highest BCUT2D eigenvalue weighted by atomic mass is 32.1. The number of benzene rings is 1. The van der Waals surface area contributed by atoms with E-state index in [0.29, 0.717) is 5.11 Å². The normalized spacial score (nSPS) is 16.0. The van der Waals surface area contributed by atoms with E-state index in [1.807, 2.05) is 32.9 Å². The molecule has 1 aromatic carbocycles. The summed E-state index contributed by atoms with van der Waals surface area (Å²) in [6, 6.07) is 6.46. The Morgan fingerprint density at radius 3 is 2.72 bits per heavy atom. The lowest BCUT2D eigenvalue weighted by molar-refractivity contribution is -0.921. The Morgan fingerprint density at radius 2 is 2.08 bits per heavy atom. The topological polar surface area (TPSA) is 59.3 Å². The first-order chi connectivity index (χ1) is 12.0. The van der Waals surface area contributed by atoms with Crippen LogP contribution in [0.1, 0.15) is 31.9 Å². The zero-order chi connectivity index (χ0) is 18.2. The van der Waals surface area contributed by atoms with E-state index in [4.69, 9.17) is 21.7 Å². The van der Waals surface area contributed by atoms with Crippen molar-refractivity contribution in [1.29, 1.82) is 0 Å². The first kappa shape index (κ1) is 19.6. The van der Waals surface area contributed by atoms with Crippen LogP contribution in [0.2, 0.25) is 0 Å². The molecule has 0 unspecified atom stereocenters. The molecule has 0 bridgehead atoms. The molecule has 1 heterocycles. The number of ether oxygens (including phenoxy) is 2. The number of quaternary nitrogens is 1. The number of hydrogen-bond donors (Lipinski definition) is 3. The summed E-state index contributed by atoms with van der Waals surface area (Å²) in [5, 5.41) is 8.03. The van der Waals surface area contributed by atoms with E-state index >= 15 is 0 Å². The van der Waals surface area contributed by atoms with Crippen LogP contribution in [-0.4, -0.2) is 50.3 Å². The molecule has 1 saturated heterocycles. The number of rotatable bonds is 6. The first-order valence-electron chi connectivity index (χ1n) is 8.69. The van der Waals surface area contributed by atoms with Crippen LogP contribution < -0.4 is 20.4 Å². The molecule has 1 fully saturated rings. The number of nitrogens with one attached hydrogen (secondary N) is 3. The van der Waals surface area contributed by atoms with Crippen molar-refractivity contribution in [3.8, 4) is 5.75 Å². The predicted octanol–water partition coefficient (Wildman–Crippen LogP) is 0.707. The largest absolute Gasteiger partial charge is 0.496 e. The summed E-state index contributed by atoms with van der Waals surface area (Å²) in [6.45, 7) is 10.7. The summed E-state index contributed by atoms with van der Waals surface area (Å²) in [6.07, 6.45) is 0. The second-order valence-corrected chi connectivity index (χ2v) is 6.91. The van der Waals surface area contributed by atoms with Gasteiger partial charge in [-0.25, -0.2) is 0 Å². The van der Waals surface area contributed by atoms with Crippen LogP contribution in [0.5, 0.6) is 5.75 Å². The monoisotopic (exact) mass is 365 g/mol. The van der Waals surface area contributed by atoms with Gasteiger partial charge in [0.05, 0.1) is 26.0 Å². The van der Waals surface area contributed by atoms with Crippen LogP contribution in [0.25, 0.3) is 0 Å². The average molecular weight is 366 g/mol.